The van der Waals surface area contributed by atoms with Crippen molar-refractivity contribution in [1.29, 1.82) is 0 Å². The van der Waals surface area contributed by atoms with Crippen molar-refractivity contribution >= 4 is 54.7 Å². The third kappa shape index (κ3) is 4.21. The smallest absolute Gasteiger partial charge is 0.418 e. The van der Waals surface area contributed by atoms with E-state index >= 15 is 0 Å². The molecule has 0 N–H and O–H groups in total. The van der Waals surface area contributed by atoms with E-state index in [1.165, 1.54) is 36.4 Å². The summed E-state index contributed by atoms with van der Waals surface area (Å²) in [5, 5.41) is 1.36. The molecule has 0 aliphatic rings. The highest BCUT2D eigenvalue weighted by molar-refractivity contribution is 7.34. The van der Waals surface area contributed by atoms with Gasteiger partial charge < -0.3 is 9.05 Å². The molecule has 0 amide bonds. The van der Waals surface area contributed by atoms with Crippen LogP contribution in [0.15, 0.2) is 36.4 Å². The van der Waals surface area contributed by atoms with Crippen molar-refractivity contribution in [2.24, 2.45) is 0 Å². The molecular formula is C12H7Cl4O3P. The fraction of sp³-hybridized carbons (Fsp3) is 0. The highest BCUT2D eigenvalue weighted by Gasteiger charge is 2.08. The summed E-state index contributed by atoms with van der Waals surface area (Å²) in [5.74, 6) is 0.590. The van der Waals surface area contributed by atoms with E-state index in [-0.39, 0.29) is 0 Å². The molecule has 8 heteroatoms. The van der Waals surface area contributed by atoms with E-state index in [1.807, 2.05) is 0 Å². The third-order valence-corrected chi connectivity index (χ3v) is 4.47. The molecule has 0 saturated heterocycles. The molecule has 2 rings (SSSR count). The van der Waals surface area contributed by atoms with E-state index in [1.54, 1.807) is 0 Å². The van der Waals surface area contributed by atoms with E-state index in [2.05, 4.69) is 0 Å². The van der Waals surface area contributed by atoms with Crippen LogP contribution in [0.3, 0.4) is 0 Å². The van der Waals surface area contributed by atoms with Gasteiger partial charge in [0.05, 0.1) is 20.1 Å². The Kier molecular flexibility index (Phi) is 5.48. The third-order valence-electron chi connectivity index (χ3n) is 2.18. The zero-order chi connectivity index (χ0) is 14.7. The lowest BCUT2D eigenvalue weighted by Gasteiger charge is -2.09. The molecule has 0 heterocycles. The lowest BCUT2D eigenvalue weighted by Crippen LogP contribution is -1.89. The molecule has 0 unspecified atom stereocenters. The molecule has 0 aromatic heterocycles. The van der Waals surface area contributed by atoms with E-state index in [0.29, 0.717) is 31.6 Å². The molecular weight excluding hydrogens is 365 g/mol. The summed E-state index contributed by atoms with van der Waals surface area (Å²) in [6, 6.07) is 9.04. The van der Waals surface area contributed by atoms with Crippen LogP contribution >= 0.6 is 54.7 Å². The zero-order valence-corrected chi connectivity index (χ0v) is 13.7. The Labute approximate surface area is 136 Å². The molecule has 0 saturated carbocycles. The van der Waals surface area contributed by atoms with E-state index in [0.717, 1.165) is 0 Å². The number of benzene rings is 2. The SMILES string of the molecule is O=[PH](Oc1ccc(Cl)c(Cl)c1)Oc1ccc(Cl)c(Cl)c1. The fourth-order valence-electron chi connectivity index (χ4n) is 1.29. The molecule has 0 atom stereocenters. The standard InChI is InChI=1S/C12H7Cl4O3P/c13-9-3-1-7(5-11(9)15)18-20(17)19-8-2-4-10(14)12(16)6-8/h1-6,20H. The number of hydrogen-bond acceptors (Lipinski definition) is 3. The molecule has 0 aliphatic carbocycles. The van der Waals surface area contributed by atoms with Crippen LogP contribution in [0.5, 0.6) is 11.5 Å². The van der Waals surface area contributed by atoms with Gasteiger partial charge >= 0.3 is 8.25 Å². The van der Waals surface area contributed by atoms with Crippen LogP contribution < -0.4 is 9.05 Å². The van der Waals surface area contributed by atoms with E-state index < -0.39 is 8.25 Å². The van der Waals surface area contributed by atoms with Gasteiger partial charge in [0, 0.05) is 12.1 Å². The second-order valence-corrected chi connectivity index (χ2v) is 6.14. The Morgan fingerprint density at radius 2 is 1.10 bits per heavy atom. The molecule has 0 aliphatic heterocycles. The van der Waals surface area contributed by atoms with Crippen molar-refractivity contribution < 1.29 is 13.6 Å². The zero-order valence-electron chi connectivity index (χ0n) is 9.70. The van der Waals surface area contributed by atoms with Gasteiger partial charge in [-0.1, -0.05) is 46.4 Å². The Bertz CT molecular complexity index is 608. The lowest BCUT2D eigenvalue weighted by molar-refractivity contribution is 0.415. The highest BCUT2D eigenvalue weighted by Crippen LogP contribution is 2.35. The number of hydrogen-bond donors (Lipinski definition) is 0. The first-order chi connectivity index (χ1) is 9.45. The predicted molar refractivity (Wildman–Crippen MR) is 83.2 cm³/mol. The maximum atomic E-state index is 11.8. The van der Waals surface area contributed by atoms with Crippen LogP contribution in [0, 0.1) is 0 Å². The monoisotopic (exact) mass is 370 g/mol. The number of halogens is 4. The second kappa shape index (κ2) is 6.93. The van der Waals surface area contributed by atoms with Gasteiger partial charge in [-0.3, -0.25) is 0 Å². The van der Waals surface area contributed by atoms with Crippen LogP contribution in [0.25, 0.3) is 0 Å². The van der Waals surface area contributed by atoms with Crippen LogP contribution in [-0.2, 0) is 4.57 Å². The summed E-state index contributed by atoms with van der Waals surface area (Å²) >= 11 is 23.2. The van der Waals surface area contributed by atoms with E-state index in [9.17, 15) is 4.57 Å². The molecule has 2 aromatic carbocycles. The first-order valence-electron chi connectivity index (χ1n) is 5.25. The summed E-state index contributed by atoms with van der Waals surface area (Å²) < 4.78 is 22.0. The van der Waals surface area contributed by atoms with Gasteiger partial charge in [-0.15, -0.1) is 0 Å². The molecule has 0 bridgehead atoms. The first-order valence-corrected chi connectivity index (χ1v) is 7.99. The first kappa shape index (κ1) is 15.8. The molecule has 0 radical (unpaired) electrons. The molecule has 106 valence electrons. The second-order valence-electron chi connectivity index (χ2n) is 3.61. The summed E-state index contributed by atoms with van der Waals surface area (Å²) in [6.07, 6.45) is 0. The van der Waals surface area contributed by atoms with E-state index in [4.69, 9.17) is 55.5 Å². The van der Waals surface area contributed by atoms with Gasteiger partial charge in [0.1, 0.15) is 11.5 Å². The minimum Gasteiger partial charge on any atom is -0.418 e. The van der Waals surface area contributed by atoms with Crippen LogP contribution in [-0.4, -0.2) is 0 Å². The fourth-order valence-corrected chi connectivity index (χ4v) is 2.55. The van der Waals surface area contributed by atoms with Crippen LogP contribution in [0.1, 0.15) is 0 Å². The molecule has 3 nitrogen and oxygen atoms in total. The summed E-state index contributed by atoms with van der Waals surface area (Å²) in [5.41, 5.74) is 0. The van der Waals surface area contributed by atoms with Gasteiger partial charge in [0.2, 0.25) is 0 Å². The van der Waals surface area contributed by atoms with Crippen molar-refractivity contribution in [3.05, 3.63) is 56.5 Å². The van der Waals surface area contributed by atoms with Crippen molar-refractivity contribution in [2.75, 3.05) is 0 Å². The maximum Gasteiger partial charge on any atom is 0.418 e. The Hall–Kier alpha value is -0.570. The van der Waals surface area contributed by atoms with Crippen molar-refractivity contribution in [1.82, 2.24) is 0 Å². The minimum atomic E-state index is -2.81. The summed E-state index contributed by atoms with van der Waals surface area (Å²) in [4.78, 5) is 0. The topological polar surface area (TPSA) is 35.5 Å². The lowest BCUT2D eigenvalue weighted by atomic mass is 10.3. The van der Waals surface area contributed by atoms with Gasteiger partial charge in [-0.25, -0.2) is 4.57 Å². The predicted octanol–water partition coefficient (Wildman–Crippen LogP) is 6.15. The number of rotatable bonds is 4. The largest absolute Gasteiger partial charge is 0.418 e. The highest BCUT2D eigenvalue weighted by atomic mass is 35.5. The molecule has 0 fully saturated rings. The van der Waals surface area contributed by atoms with Crippen LogP contribution in [0.2, 0.25) is 20.1 Å². The Balaban J connectivity index is 2.04. The van der Waals surface area contributed by atoms with Gasteiger partial charge in [0.25, 0.3) is 0 Å². The minimum absolute atomic E-state index is 0.295. The summed E-state index contributed by atoms with van der Waals surface area (Å²) in [6.45, 7) is 0. The van der Waals surface area contributed by atoms with Gasteiger partial charge in [-0.2, -0.15) is 0 Å². The van der Waals surface area contributed by atoms with Gasteiger partial charge in [-0.05, 0) is 24.3 Å². The molecule has 0 spiro atoms. The summed E-state index contributed by atoms with van der Waals surface area (Å²) in [7, 11) is -2.81. The van der Waals surface area contributed by atoms with Gasteiger partial charge in [0.15, 0.2) is 0 Å². The van der Waals surface area contributed by atoms with Crippen LogP contribution in [0.4, 0.5) is 0 Å². The Morgan fingerprint density at radius 3 is 1.45 bits per heavy atom. The van der Waals surface area contributed by atoms with Crippen molar-refractivity contribution in [3.63, 3.8) is 0 Å². The molecule has 20 heavy (non-hydrogen) atoms. The Morgan fingerprint density at radius 1 is 0.700 bits per heavy atom. The van der Waals surface area contributed by atoms with Crippen molar-refractivity contribution in [3.8, 4) is 11.5 Å². The normalized spacial score (nSPS) is 10.7. The maximum absolute atomic E-state index is 11.8. The molecule has 2 aromatic rings. The average molecular weight is 372 g/mol. The van der Waals surface area contributed by atoms with Crippen molar-refractivity contribution in [2.45, 2.75) is 0 Å². The average Bonchev–Trinajstić information content (AvgIpc) is 2.38. The quantitative estimate of drug-likeness (QED) is 0.605.